The van der Waals surface area contributed by atoms with Crippen LogP contribution in [0.25, 0.3) is 0 Å². The zero-order chi connectivity index (χ0) is 20.0. The van der Waals surface area contributed by atoms with Crippen molar-refractivity contribution in [3.63, 3.8) is 0 Å². The number of carbonyl (C=O) groups is 1. The van der Waals surface area contributed by atoms with Gasteiger partial charge in [-0.2, -0.15) is 0 Å². The molecule has 1 amide bonds. The molecule has 0 atom stereocenters. The average molecular weight is 421 g/mol. The maximum absolute atomic E-state index is 13.3. The number of hydrogen-bond acceptors (Lipinski definition) is 2. The fourth-order valence-corrected chi connectivity index (χ4v) is 4.96. The van der Waals surface area contributed by atoms with Crippen LogP contribution >= 0.6 is 12.4 Å². The molecule has 1 aromatic carbocycles. The molecule has 0 heterocycles. The minimum atomic E-state index is 0. The van der Waals surface area contributed by atoms with Crippen LogP contribution in [0.3, 0.4) is 0 Å². The molecule has 162 valence electrons. The molecule has 0 bridgehead atoms. The van der Waals surface area contributed by atoms with Gasteiger partial charge in [-0.15, -0.1) is 12.4 Å². The standard InChI is InChI=1S/C23H36N4O.ClH/c1-23(14-12-20(13-15-23)26-22(24)25)17-27(16-18-8-4-2-5-9-18)21(28)19-10-6-3-7-11-19;/h3,6-7,10-11,18,20H,2,4-5,8-9,12-17H2,1H3,(H4,24,25,26);1H/t20-,23-;. The van der Waals surface area contributed by atoms with Gasteiger partial charge in [0, 0.05) is 24.7 Å². The Bertz CT molecular complexity index is 652. The normalized spacial score (nSPS) is 24.9. The molecule has 2 saturated carbocycles. The third kappa shape index (κ3) is 6.91. The van der Waals surface area contributed by atoms with Crippen molar-refractivity contribution in [2.45, 2.75) is 70.8 Å². The third-order valence-electron chi connectivity index (χ3n) is 6.64. The van der Waals surface area contributed by atoms with Crippen LogP contribution in [0.2, 0.25) is 0 Å². The minimum Gasteiger partial charge on any atom is -0.370 e. The molecule has 5 nitrogen and oxygen atoms in total. The van der Waals surface area contributed by atoms with E-state index in [-0.39, 0.29) is 29.7 Å². The molecule has 0 spiro atoms. The maximum atomic E-state index is 13.3. The minimum absolute atomic E-state index is 0. The lowest BCUT2D eigenvalue weighted by Gasteiger charge is -2.42. The van der Waals surface area contributed by atoms with Gasteiger partial charge in [-0.1, -0.05) is 44.4 Å². The van der Waals surface area contributed by atoms with Crippen LogP contribution in [0, 0.1) is 16.7 Å². The molecule has 0 radical (unpaired) electrons. The van der Waals surface area contributed by atoms with Crippen LogP contribution in [0.15, 0.2) is 30.3 Å². The number of benzene rings is 1. The van der Waals surface area contributed by atoms with E-state index in [9.17, 15) is 4.79 Å². The van der Waals surface area contributed by atoms with E-state index in [1.807, 2.05) is 30.3 Å². The summed E-state index contributed by atoms with van der Waals surface area (Å²) in [6, 6.07) is 10.0. The molecule has 0 aromatic heterocycles. The zero-order valence-electron chi connectivity index (χ0n) is 17.7. The molecule has 3 rings (SSSR count). The Balaban J connectivity index is 0.00000300. The van der Waals surface area contributed by atoms with Crippen LogP contribution < -0.4 is 11.1 Å². The summed E-state index contributed by atoms with van der Waals surface area (Å²) in [7, 11) is 0. The summed E-state index contributed by atoms with van der Waals surface area (Å²) in [6.07, 6.45) is 10.6. The summed E-state index contributed by atoms with van der Waals surface area (Å²) in [4.78, 5) is 15.5. The smallest absolute Gasteiger partial charge is 0.253 e. The van der Waals surface area contributed by atoms with Gasteiger partial charge >= 0.3 is 0 Å². The van der Waals surface area contributed by atoms with Gasteiger partial charge in [-0.05, 0) is 62.0 Å². The fraction of sp³-hybridized carbons (Fsp3) is 0.652. The van der Waals surface area contributed by atoms with Crippen molar-refractivity contribution in [3.8, 4) is 0 Å². The quantitative estimate of drug-likeness (QED) is 0.466. The van der Waals surface area contributed by atoms with E-state index >= 15 is 0 Å². The summed E-state index contributed by atoms with van der Waals surface area (Å²) in [6.45, 7) is 4.03. The summed E-state index contributed by atoms with van der Waals surface area (Å²) >= 11 is 0. The maximum Gasteiger partial charge on any atom is 0.253 e. The van der Waals surface area contributed by atoms with Gasteiger partial charge in [0.2, 0.25) is 0 Å². The van der Waals surface area contributed by atoms with Crippen LogP contribution in [0.4, 0.5) is 0 Å². The van der Waals surface area contributed by atoms with Crippen molar-refractivity contribution in [3.05, 3.63) is 35.9 Å². The highest BCUT2D eigenvalue weighted by Gasteiger charge is 2.35. The number of nitrogens with two attached hydrogens (primary N) is 1. The topological polar surface area (TPSA) is 82.2 Å². The molecule has 2 fully saturated rings. The highest BCUT2D eigenvalue weighted by Crippen LogP contribution is 2.37. The van der Waals surface area contributed by atoms with E-state index < -0.39 is 0 Å². The van der Waals surface area contributed by atoms with Gasteiger partial charge in [0.05, 0.1) is 0 Å². The number of carbonyl (C=O) groups excluding carboxylic acids is 1. The number of guanidine groups is 1. The Morgan fingerprint density at radius 3 is 2.34 bits per heavy atom. The van der Waals surface area contributed by atoms with E-state index in [2.05, 4.69) is 17.1 Å². The molecule has 2 aliphatic rings. The Morgan fingerprint density at radius 2 is 1.76 bits per heavy atom. The average Bonchev–Trinajstić information content (AvgIpc) is 2.70. The zero-order valence-corrected chi connectivity index (χ0v) is 18.5. The fourth-order valence-electron chi connectivity index (χ4n) is 4.96. The van der Waals surface area contributed by atoms with Gasteiger partial charge in [0.25, 0.3) is 5.91 Å². The van der Waals surface area contributed by atoms with Crippen LogP contribution in [0.1, 0.15) is 75.1 Å². The van der Waals surface area contributed by atoms with E-state index in [1.165, 1.54) is 32.1 Å². The van der Waals surface area contributed by atoms with Crippen molar-refractivity contribution in [2.75, 3.05) is 13.1 Å². The van der Waals surface area contributed by atoms with Crippen molar-refractivity contribution < 1.29 is 4.79 Å². The first kappa shape index (κ1) is 23.5. The number of halogens is 1. The van der Waals surface area contributed by atoms with Gasteiger partial charge in [0.15, 0.2) is 5.96 Å². The lowest BCUT2D eigenvalue weighted by molar-refractivity contribution is 0.0545. The van der Waals surface area contributed by atoms with Crippen molar-refractivity contribution in [1.82, 2.24) is 10.2 Å². The van der Waals surface area contributed by atoms with Crippen molar-refractivity contribution in [1.29, 1.82) is 5.41 Å². The van der Waals surface area contributed by atoms with Gasteiger partial charge in [0.1, 0.15) is 0 Å². The van der Waals surface area contributed by atoms with Crippen LogP contribution in [-0.4, -0.2) is 35.9 Å². The number of rotatable bonds is 6. The number of hydrogen-bond donors (Lipinski definition) is 3. The Morgan fingerprint density at radius 1 is 1.14 bits per heavy atom. The third-order valence-corrected chi connectivity index (χ3v) is 6.64. The van der Waals surface area contributed by atoms with Crippen LogP contribution in [0.5, 0.6) is 0 Å². The molecular formula is C23H37ClN4O. The summed E-state index contributed by atoms with van der Waals surface area (Å²) in [5, 5.41) is 10.5. The first-order valence-corrected chi connectivity index (χ1v) is 10.9. The molecule has 29 heavy (non-hydrogen) atoms. The second-order valence-corrected chi connectivity index (χ2v) is 9.20. The molecule has 0 unspecified atom stereocenters. The highest BCUT2D eigenvalue weighted by atomic mass is 35.5. The number of amides is 1. The molecule has 1 aromatic rings. The van der Waals surface area contributed by atoms with E-state index in [4.69, 9.17) is 11.1 Å². The summed E-state index contributed by atoms with van der Waals surface area (Å²) in [5.74, 6) is 0.879. The first-order chi connectivity index (χ1) is 13.5. The molecule has 2 aliphatic carbocycles. The van der Waals surface area contributed by atoms with E-state index in [1.54, 1.807) is 0 Å². The number of nitrogens with zero attached hydrogens (tertiary/aromatic N) is 1. The predicted molar refractivity (Wildman–Crippen MR) is 122 cm³/mol. The van der Waals surface area contributed by atoms with Gasteiger partial charge in [-0.25, -0.2) is 0 Å². The van der Waals surface area contributed by atoms with Gasteiger partial charge in [-0.3, -0.25) is 10.2 Å². The first-order valence-electron chi connectivity index (χ1n) is 10.9. The lowest BCUT2D eigenvalue weighted by Crippen LogP contribution is -2.47. The Kier molecular flexibility index (Phi) is 8.81. The van der Waals surface area contributed by atoms with Crippen molar-refractivity contribution >= 4 is 24.3 Å². The number of nitrogens with one attached hydrogen (secondary N) is 2. The Hall–Kier alpha value is -1.75. The molecular weight excluding hydrogens is 384 g/mol. The summed E-state index contributed by atoms with van der Waals surface area (Å²) < 4.78 is 0. The SMILES string of the molecule is C[C@]1(CN(CC2CCCCC2)C(=O)c2ccccc2)CC[C@H](NC(=N)N)CC1.Cl. The summed E-state index contributed by atoms with van der Waals surface area (Å²) in [5.41, 5.74) is 6.43. The largest absolute Gasteiger partial charge is 0.370 e. The van der Waals surface area contributed by atoms with E-state index in [0.29, 0.717) is 12.0 Å². The predicted octanol–water partition coefficient (Wildman–Crippen LogP) is 4.56. The molecule has 0 saturated heterocycles. The highest BCUT2D eigenvalue weighted by molar-refractivity contribution is 5.94. The Labute approximate surface area is 181 Å². The molecule has 6 heteroatoms. The van der Waals surface area contributed by atoms with Crippen molar-refractivity contribution in [2.24, 2.45) is 17.1 Å². The lowest BCUT2D eigenvalue weighted by atomic mass is 9.73. The van der Waals surface area contributed by atoms with E-state index in [0.717, 1.165) is 44.3 Å². The monoisotopic (exact) mass is 420 g/mol. The molecule has 0 aliphatic heterocycles. The second kappa shape index (κ2) is 10.9. The second-order valence-electron chi connectivity index (χ2n) is 9.20. The van der Waals surface area contributed by atoms with Gasteiger partial charge < -0.3 is 16.0 Å². The van der Waals surface area contributed by atoms with Crippen LogP contribution in [-0.2, 0) is 0 Å². The molecule has 4 N–H and O–H groups in total.